The second-order valence-electron chi connectivity index (χ2n) is 7.34. The third kappa shape index (κ3) is 3.96. The van der Waals surface area contributed by atoms with Gasteiger partial charge in [0.2, 0.25) is 0 Å². The highest BCUT2D eigenvalue weighted by molar-refractivity contribution is 6.06. The first-order valence-corrected chi connectivity index (χ1v) is 10.1. The van der Waals surface area contributed by atoms with E-state index in [-0.39, 0.29) is 5.91 Å². The van der Waals surface area contributed by atoms with Gasteiger partial charge in [0.25, 0.3) is 5.91 Å². The van der Waals surface area contributed by atoms with Gasteiger partial charge in [-0.05, 0) is 42.0 Å². The Morgan fingerprint density at radius 2 is 1.71 bits per heavy atom. The zero-order valence-corrected chi connectivity index (χ0v) is 16.9. The van der Waals surface area contributed by atoms with E-state index >= 15 is 0 Å². The summed E-state index contributed by atoms with van der Waals surface area (Å²) in [6, 6.07) is 23.4. The molecule has 0 saturated heterocycles. The molecule has 3 aromatic heterocycles. The van der Waals surface area contributed by atoms with Gasteiger partial charge >= 0.3 is 0 Å². The molecule has 3 heterocycles. The normalized spacial score (nSPS) is 11.0. The summed E-state index contributed by atoms with van der Waals surface area (Å²) in [7, 11) is 0. The van der Waals surface area contributed by atoms with Crippen LogP contribution in [0.4, 0.5) is 5.69 Å². The average Bonchev–Trinajstić information content (AvgIpc) is 3.48. The van der Waals surface area contributed by atoms with E-state index in [0.717, 1.165) is 29.1 Å². The molecule has 1 amide bonds. The molecule has 0 unspecified atom stereocenters. The first-order valence-electron chi connectivity index (χ1n) is 10.1. The summed E-state index contributed by atoms with van der Waals surface area (Å²) in [5.74, 6) is -0.0498. The quantitative estimate of drug-likeness (QED) is 0.419. The number of carbonyl (C=O) groups is 1. The number of nitrogens with zero attached hydrogens (tertiary/aromatic N) is 5. The average molecular weight is 407 g/mol. The number of fused-ring (bicyclic) bond motifs is 1. The summed E-state index contributed by atoms with van der Waals surface area (Å²) in [5.41, 5.74) is 4.42. The van der Waals surface area contributed by atoms with E-state index in [0.29, 0.717) is 12.1 Å². The summed E-state index contributed by atoms with van der Waals surface area (Å²) >= 11 is 0. The van der Waals surface area contributed by atoms with Gasteiger partial charge < -0.3 is 13.9 Å². The van der Waals surface area contributed by atoms with Crippen molar-refractivity contribution in [3.8, 4) is 0 Å². The summed E-state index contributed by atoms with van der Waals surface area (Å²) in [4.78, 5) is 23.8. The van der Waals surface area contributed by atoms with E-state index in [1.54, 1.807) is 17.4 Å². The van der Waals surface area contributed by atoms with Gasteiger partial charge in [-0.25, -0.2) is 9.97 Å². The molecule has 0 bridgehead atoms. The number of hydrogen-bond acceptors (Lipinski definition) is 3. The highest BCUT2D eigenvalue weighted by atomic mass is 16.2. The van der Waals surface area contributed by atoms with Crippen LogP contribution >= 0.6 is 0 Å². The minimum atomic E-state index is -0.0498. The van der Waals surface area contributed by atoms with Crippen molar-refractivity contribution in [1.29, 1.82) is 0 Å². The molecule has 152 valence electrons. The van der Waals surface area contributed by atoms with Gasteiger partial charge in [-0.2, -0.15) is 0 Å². The van der Waals surface area contributed by atoms with E-state index in [9.17, 15) is 4.79 Å². The molecule has 0 atom stereocenters. The molecule has 5 aromatic rings. The Morgan fingerprint density at radius 1 is 0.903 bits per heavy atom. The number of para-hydroxylation sites is 1. The van der Waals surface area contributed by atoms with Crippen LogP contribution < -0.4 is 4.90 Å². The Bertz CT molecular complexity index is 1290. The van der Waals surface area contributed by atoms with Crippen LogP contribution in [0.5, 0.6) is 0 Å². The van der Waals surface area contributed by atoms with E-state index in [4.69, 9.17) is 0 Å². The second kappa shape index (κ2) is 8.28. The molecule has 0 spiro atoms. The fraction of sp³-hybridized carbons (Fsp3) is 0.0800. The van der Waals surface area contributed by atoms with Crippen LogP contribution in [-0.4, -0.2) is 24.8 Å². The van der Waals surface area contributed by atoms with Gasteiger partial charge in [0.1, 0.15) is 5.65 Å². The highest BCUT2D eigenvalue weighted by Gasteiger charge is 2.19. The number of aromatic nitrogens is 4. The first kappa shape index (κ1) is 18.8. The molecule has 0 aliphatic heterocycles. The summed E-state index contributed by atoms with van der Waals surface area (Å²) in [5, 5.41) is 0. The number of carbonyl (C=O) groups excluding carboxylic acids is 1. The van der Waals surface area contributed by atoms with Crippen molar-refractivity contribution in [3.05, 3.63) is 121 Å². The molecule has 0 aliphatic rings. The maximum absolute atomic E-state index is 13.5. The SMILES string of the molecule is O=C(c1ccc(Cn2ccnc2)cc1)N(Cc1cnc2ccccn12)c1ccccc1. The number of imidazole rings is 2. The zero-order valence-electron chi connectivity index (χ0n) is 16.9. The largest absolute Gasteiger partial charge is 0.333 e. The molecule has 2 aromatic carbocycles. The lowest BCUT2D eigenvalue weighted by molar-refractivity contribution is 0.0984. The minimum Gasteiger partial charge on any atom is -0.333 e. The molecule has 6 heteroatoms. The van der Waals surface area contributed by atoms with E-state index in [1.165, 1.54) is 0 Å². The number of benzene rings is 2. The van der Waals surface area contributed by atoms with Gasteiger partial charge in [-0.3, -0.25) is 4.79 Å². The molecule has 0 aliphatic carbocycles. The van der Waals surface area contributed by atoms with Crippen LogP contribution in [-0.2, 0) is 13.1 Å². The van der Waals surface area contributed by atoms with Gasteiger partial charge in [-0.15, -0.1) is 0 Å². The number of pyridine rings is 1. The predicted molar refractivity (Wildman–Crippen MR) is 120 cm³/mol. The molecular formula is C25H21N5O. The standard InChI is InChI=1S/C25H21N5O/c31-25(21-11-9-20(10-12-21)17-28-15-13-26-19-28)30(22-6-2-1-3-7-22)18-23-16-27-24-8-4-5-14-29(23)24/h1-16,19H,17-18H2. The van der Waals surface area contributed by atoms with Crippen molar-refractivity contribution in [2.24, 2.45) is 0 Å². The fourth-order valence-corrected chi connectivity index (χ4v) is 3.65. The third-order valence-corrected chi connectivity index (χ3v) is 5.25. The monoisotopic (exact) mass is 407 g/mol. The number of anilines is 1. The van der Waals surface area contributed by atoms with Gasteiger partial charge in [-0.1, -0.05) is 36.4 Å². The highest BCUT2D eigenvalue weighted by Crippen LogP contribution is 2.21. The van der Waals surface area contributed by atoms with Crippen LogP contribution in [0.15, 0.2) is 104 Å². The molecule has 0 saturated carbocycles. The second-order valence-corrected chi connectivity index (χ2v) is 7.34. The topological polar surface area (TPSA) is 55.4 Å². The van der Waals surface area contributed by atoms with Crippen molar-refractivity contribution < 1.29 is 4.79 Å². The lowest BCUT2D eigenvalue weighted by Crippen LogP contribution is -2.30. The van der Waals surface area contributed by atoms with Crippen molar-refractivity contribution in [1.82, 2.24) is 18.9 Å². The third-order valence-electron chi connectivity index (χ3n) is 5.25. The maximum Gasteiger partial charge on any atom is 0.258 e. The molecule has 5 rings (SSSR count). The zero-order chi connectivity index (χ0) is 21.0. The smallest absolute Gasteiger partial charge is 0.258 e. The molecule has 0 N–H and O–H groups in total. The first-order chi connectivity index (χ1) is 15.3. The molecule has 0 fully saturated rings. The lowest BCUT2D eigenvalue weighted by Gasteiger charge is -2.23. The Labute approximate surface area is 180 Å². The van der Waals surface area contributed by atoms with E-state index < -0.39 is 0 Å². The Balaban J connectivity index is 1.44. The van der Waals surface area contributed by atoms with Crippen LogP contribution in [0.1, 0.15) is 21.6 Å². The van der Waals surface area contributed by atoms with Gasteiger partial charge in [0, 0.05) is 36.4 Å². The lowest BCUT2D eigenvalue weighted by atomic mass is 10.1. The Kier molecular flexibility index (Phi) is 5.02. The molecule has 6 nitrogen and oxygen atoms in total. The number of amides is 1. The van der Waals surface area contributed by atoms with Gasteiger partial charge in [0.05, 0.1) is 24.8 Å². The Hall–Kier alpha value is -4.19. The molecule has 0 radical (unpaired) electrons. The van der Waals surface area contributed by atoms with Crippen molar-refractivity contribution in [3.63, 3.8) is 0 Å². The summed E-state index contributed by atoms with van der Waals surface area (Å²) in [6.45, 7) is 1.14. The number of hydrogen-bond donors (Lipinski definition) is 0. The predicted octanol–water partition coefficient (Wildman–Crippen LogP) is 4.43. The summed E-state index contributed by atoms with van der Waals surface area (Å²) < 4.78 is 4.01. The van der Waals surface area contributed by atoms with Crippen LogP contribution in [0.25, 0.3) is 5.65 Å². The fourth-order valence-electron chi connectivity index (χ4n) is 3.65. The van der Waals surface area contributed by atoms with Crippen molar-refractivity contribution >= 4 is 17.2 Å². The minimum absolute atomic E-state index is 0.0498. The van der Waals surface area contributed by atoms with Crippen LogP contribution in [0, 0.1) is 0 Å². The van der Waals surface area contributed by atoms with Crippen molar-refractivity contribution in [2.75, 3.05) is 4.90 Å². The molecular weight excluding hydrogens is 386 g/mol. The summed E-state index contributed by atoms with van der Waals surface area (Å²) in [6.07, 6.45) is 9.26. The Morgan fingerprint density at radius 3 is 2.48 bits per heavy atom. The van der Waals surface area contributed by atoms with E-state index in [2.05, 4.69) is 9.97 Å². The van der Waals surface area contributed by atoms with Crippen LogP contribution in [0.3, 0.4) is 0 Å². The van der Waals surface area contributed by atoms with E-state index in [1.807, 2.05) is 100 Å². The number of rotatable bonds is 6. The van der Waals surface area contributed by atoms with Gasteiger partial charge in [0.15, 0.2) is 0 Å². The van der Waals surface area contributed by atoms with Crippen LogP contribution in [0.2, 0.25) is 0 Å². The molecule has 31 heavy (non-hydrogen) atoms. The maximum atomic E-state index is 13.5. The van der Waals surface area contributed by atoms with Crippen molar-refractivity contribution in [2.45, 2.75) is 13.1 Å².